The number of rotatable bonds is 4. The van der Waals surface area contributed by atoms with Crippen molar-refractivity contribution in [1.82, 2.24) is 9.80 Å². The highest BCUT2D eigenvalue weighted by Gasteiger charge is 2.19. The molecule has 1 fully saturated rings. The first-order valence-corrected chi connectivity index (χ1v) is 6.15. The molecule has 0 saturated carbocycles. The lowest BCUT2D eigenvalue weighted by Crippen LogP contribution is -2.38. The molecule has 1 rings (SSSR count). The number of carbonyl (C=O) groups excluding carboxylic acids is 1. The van der Waals surface area contributed by atoms with E-state index >= 15 is 0 Å². The molecule has 15 heavy (non-hydrogen) atoms. The van der Waals surface area contributed by atoms with Crippen molar-refractivity contribution in [1.29, 1.82) is 0 Å². The number of piperidine rings is 1. The molecular weight excluding hydrogens is 212 g/mol. The minimum atomic E-state index is 0.170. The van der Waals surface area contributed by atoms with E-state index < -0.39 is 0 Å². The Morgan fingerprint density at radius 2 is 2.07 bits per heavy atom. The van der Waals surface area contributed by atoms with Crippen molar-refractivity contribution in [3.63, 3.8) is 0 Å². The summed E-state index contributed by atoms with van der Waals surface area (Å²) in [5, 5.41) is 0. The van der Waals surface area contributed by atoms with Crippen LogP contribution in [0.4, 0.5) is 0 Å². The van der Waals surface area contributed by atoms with Gasteiger partial charge in [-0.1, -0.05) is 0 Å². The topological polar surface area (TPSA) is 23.6 Å². The average molecular weight is 233 g/mol. The Kier molecular flexibility index (Phi) is 5.40. The smallest absolute Gasteiger partial charge is 0.223 e. The van der Waals surface area contributed by atoms with Crippen LogP contribution in [0.2, 0.25) is 0 Å². The number of hydrogen-bond donors (Lipinski definition) is 0. The van der Waals surface area contributed by atoms with E-state index in [1.54, 1.807) is 0 Å². The molecule has 0 aromatic heterocycles. The first-order valence-electron chi connectivity index (χ1n) is 5.62. The zero-order valence-electron chi connectivity index (χ0n) is 9.71. The monoisotopic (exact) mass is 232 g/mol. The van der Waals surface area contributed by atoms with Gasteiger partial charge >= 0.3 is 0 Å². The van der Waals surface area contributed by atoms with Crippen LogP contribution < -0.4 is 0 Å². The minimum absolute atomic E-state index is 0.170. The van der Waals surface area contributed by atoms with E-state index in [9.17, 15) is 4.79 Å². The van der Waals surface area contributed by atoms with Gasteiger partial charge in [0.05, 0.1) is 0 Å². The summed E-state index contributed by atoms with van der Waals surface area (Å²) in [4.78, 5) is 15.7. The quantitative estimate of drug-likeness (QED) is 0.685. The second-order valence-electron chi connectivity index (χ2n) is 4.46. The third kappa shape index (κ3) is 4.39. The molecule has 1 aliphatic heterocycles. The summed E-state index contributed by atoms with van der Waals surface area (Å²) in [6.07, 6.45) is 2.87. The molecule has 3 nitrogen and oxygen atoms in total. The molecular formula is C11H21ClN2O. The predicted octanol–water partition coefficient (Wildman–Crippen LogP) is 1.42. The van der Waals surface area contributed by atoms with Crippen molar-refractivity contribution in [2.45, 2.75) is 19.3 Å². The molecule has 88 valence electrons. The van der Waals surface area contributed by atoms with Crippen molar-refractivity contribution < 1.29 is 4.79 Å². The Morgan fingerprint density at radius 3 is 2.60 bits per heavy atom. The third-order valence-corrected chi connectivity index (χ3v) is 3.29. The molecule has 1 aliphatic rings. The average Bonchev–Trinajstić information content (AvgIpc) is 2.22. The van der Waals surface area contributed by atoms with Gasteiger partial charge in [-0.2, -0.15) is 0 Å². The Balaban J connectivity index is 2.25. The maximum Gasteiger partial charge on any atom is 0.223 e. The zero-order chi connectivity index (χ0) is 11.3. The lowest BCUT2D eigenvalue weighted by Gasteiger charge is -2.31. The fourth-order valence-corrected chi connectivity index (χ4v) is 2.17. The van der Waals surface area contributed by atoms with Crippen LogP contribution in [0.3, 0.4) is 0 Å². The van der Waals surface area contributed by atoms with Gasteiger partial charge in [0.15, 0.2) is 0 Å². The molecule has 0 N–H and O–H groups in total. The molecule has 1 amide bonds. The first-order chi connectivity index (χ1) is 7.13. The highest BCUT2D eigenvalue weighted by atomic mass is 35.5. The van der Waals surface area contributed by atoms with Crippen LogP contribution in [-0.2, 0) is 4.79 Å². The summed E-state index contributed by atoms with van der Waals surface area (Å²) >= 11 is 5.55. The standard InChI is InChI=1S/C11H21ClN2O/c1-13-7-4-10(5-8-13)9-14(2)11(15)3-6-12/h10H,3-9H2,1-2H3. The van der Waals surface area contributed by atoms with E-state index in [0.717, 1.165) is 19.6 Å². The summed E-state index contributed by atoms with van der Waals surface area (Å²) in [5.74, 6) is 1.27. The van der Waals surface area contributed by atoms with Gasteiger partial charge < -0.3 is 9.80 Å². The van der Waals surface area contributed by atoms with Crippen molar-refractivity contribution in [3.05, 3.63) is 0 Å². The Morgan fingerprint density at radius 1 is 1.47 bits per heavy atom. The zero-order valence-corrected chi connectivity index (χ0v) is 10.5. The number of amides is 1. The molecule has 0 spiro atoms. The molecule has 1 saturated heterocycles. The largest absolute Gasteiger partial charge is 0.345 e. The van der Waals surface area contributed by atoms with Gasteiger partial charge in [0.25, 0.3) is 0 Å². The number of halogens is 1. The van der Waals surface area contributed by atoms with Crippen LogP contribution in [0, 0.1) is 5.92 Å². The van der Waals surface area contributed by atoms with E-state index in [1.165, 1.54) is 12.8 Å². The number of likely N-dealkylation sites (tertiary alicyclic amines) is 1. The van der Waals surface area contributed by atoms with Crippen LogP contribution in [0.25, 0.3) is 0 Å². The minimum Gasteiger partial charge on any atom is -0.345 e. The van der Waals surface area contributed by atoms with Crippen LogP contribution >= 0.6 is 11.6 Å². The van der Waals surface area contributed by atoms with Crippen LogP contribution in [0.1, 0.15) is 19.3 Å². The van der Waals surface area contributed by atoms with Crippen molar-refractivity contribution in [2.24, 2.45) is 5.92 Å². The number of nitrogens with zero attached hydrogens (tertiary/aromatic N) is 2. The van der Waals surface area contributed by atoms with E-state index in [1.807, 2.05) is 11.9 Å². The molecule has 1 heterocycles. The summed E-state index contributed by atoms with van der Waals surface area (Å²) in [7, 11) is 4.03. The van der Waals surface area contributed by atoms with Crippen LogP contribution in [0.5, 0.6) is 0 Å². The Bertz CT molecular complexity index is 203. The molecule has 0 atom stereocenters. The lowest BCUT2D eigenvalue weighted by molar-refractivity contribution is -0.130. The normalized spacial score (nSPS) is 19.1. The van der Waals surface area contributed by atoms with Gasteiger partial charge in [0.1, 0.15) is 0 Å². The highest BCUT2D eigenvalue weighted by molar-refractivity contribution is 6.18. The molecule has 0 aromatic rings. The van der Waals surface area contributed by atoms with E-state index in [2.05, 4.69) is 11.9 Å². The summed E-state index contributed by atoms with van der Waals surface area (Å²) in [5.41, 5.74) is 0. The van der Waals surface area contributed by atoms with Gasteiger partial charge in [-0.15, -0.1) is 11.6 Å². The maximum atomic E-state index is 11.5. The molecule has 0 aromatic carbocycles. The fourth-order valence-electron chi connectivity index (χ4n) is 2.01. The number of carbonyl (C=O) groups is 1. The van der Waals surface area contributed by atoms with Gasteiger partial charge in [0.2, 0.25) is 5.91 Å². The maximum absolute atomic E-state index is 11.5. The van der Waals surface area contributed by atoms with Crippen LogP contribution in [0.15, 0.2) is 0 Å². The molecule has 0 unspecified atom stereocenters. The van der Waals surface area contributed by atoms with Gasteiger partial charge in [-0.25, -0.2) is 0 Å². The van der Waals surface area contributed by atoms with Gasteiger partial charge in [-0.3, -0.25) is 4.79 Å². The SMILES string of the molecule is CN1CCC(CN(C)C(=O)CCCl)CC1. The van der Waals surface area contributed by atoms with E-state index in [4.69, 9.17) is 11.6 Å². The second-order valence-corrected chi connectivity index (χ2v) is 4.84. The van der Waals surface area contributed by atoms with Crippen molar-refractivity contribution >= 4 is 17.5 Å². The van der Waals surface area contributed by atoms with Crippen molar-refractivity contribution in [3.8, 4) is 0 Å². The predicted molar refractivity (Wildman–Crippen MR) is 63.2 cm³/mol. The summed E-state index contributed by atoms with van der Waals surface area (Å²) < 4.78 is 0. The number of alkyl halides is 1. The molecule has 0 bridgehead atoms. The highest BCUT2D eigenvalue weighted by Crippen LogP contribution is 2.16. The molecule has 4 heteroatoms. The Hall–Kier alpha value is -0.280. The second kappa shape index (κ2) is 6.33. The van der Waals surface area contributed by atoms with Gasteiger partial charge in [-0.05, 0) is 38.9 Å². The fraction of sp³-hybridized carbons (Fsp3) is 0.909. The summed E-state index contributed by atoms with van der Waals surface area (Å²) in [6, 6.07) is 0. The first kappa shape index (κ1) is 12.8. The molecule has 0 aliphatic carbocycles. The van der Waals surface area contributed by atoms with Crippen molar-refractivity contribution in [2.75, 3.05) is 39.6 Å². The van der Waals surface area contributed by atoms with Crippen LogP contribution in [-0.4, -0.2) is 55.3 Å². The van der Waals surface area contributed by atoms with E-state index in [-0.39, 0.29) is 5.91 Å². The number of hydrogen-bond acceptors (Lipinski definition) is 2. The van der Waals surface area contributed by atoms with E-state index in [0.29, 0.717) is 18.2 Å². The summed E-state index contributed by atoms with van der Waals surface area (Å²) in [6.45, 7) is 3.20. The third-order valence-electron chi connectivity index (χ3n) is 3.10. The van der Waals surface area contributed by atoms with Gasteiger partial charge in [0, 0.05) is 25.9 Å². The Labute approximate surface area is 97.4 Å². The molecule has 0 radical (unpaired) electrons. The lowest BCUT2D eigenvalue weighted by atomic mass is 9.96.